The number of aryl methyl sites for hydroxylation is 1. The number of rotatable bonds is 7. The second-order valence-electron chi connectivity index (χ2n) is 8.63. The van der Waals surface area contributed by atoms with Crippen LogP contribution in [0.5, 0.6) is 5.75 Å². The fourth-order valence-electron chi connectivity index (χ4n) is 4.40. The van der Waals surface area contributed by atoms with Crippen LogP contribution in [0.15, 0.2) is 48.5 Å². The molecule has 4 rings (SSSR count). The average molecular weight is 490 g/mol. The zero-order valence-electron chi connectivity index (χ0n) is 19.1. The SMILES string of the molecule is CCCCCc1ccc(C2=Cc3cc(F)c(-c4ccc(OC(F)(F)F)c(F)c4)c(F)c3CC2)cc1. The first-order chi connectivity index (χ1) is 16.7. The van der Waals surface area contributed by atoms with Gasteiger partial charge < -0.3 is 4.74 Å². The van der Waals surface area contributed by atoms with Crippen LogP contribution in [-0.4, -0.2) is 6.36 Å². The standard InChI is InChI=1S/C28H24F6O/c1-2-3-4-5-17-6-8-18(9-7-17)19-10-12-22-21(14-19)16-24(30)26(27(22)31)20-11-13-25(23(29)15-20)35-28(32,33)34/h6-9,11,13-16H,2-5,10,12H2,1H3. The number of allylic oxidation sites excluding steroid dienone is 1. The van der Waals surface area contributed by atoms with Crippen LogP contribution in [0.25, 0.3) is 22.8 Å². The Hall–Kier alpha value is -3.22. The predicted molar refractivity (Wildman–Crippen MR) is 124 cm³/mol. The molecule has 3 aromatic rings. The van der Waals surface area contributed by atoms with Gasteiger partial charge in [-0.1, -0.05) is 56.2 Å². The molecule has 0 unspecified atom stereocenters. The summed E-state index contributed by atoms with van der Waals surface area (Å²) in [6.45, 7) is 2.16. The predicted octanol–water partition coefficient (Wildman–Crippen LogP) is 8.89. The van der Waals surface area contributed by atoms with Crippen molar-refractivity contribution in [3.63, 3.8) is 0 Å². The van der Waals surface area contributed by atoms with E-state index in [1.165, 1.54) is 18.1 Å². The van der Waals surface area contributed by atoms with Gasteiger partial charge in [-0.3, -0.25) is 0 Å². The number of unbranched alkanes of at least 4 members (excludes halogenated alkanes) is 2. The van der Waals surface area contributed by atoms with Crippen LogP contribution in [0.4, 0.5) is 26.3 Å². The maximum atomic E-state index is 15.3. The number of hydrogen-bond acceptors (Lipinski definition) is 1. The van der Waals surface area contributed by atoms with E-state index in [9.17, 15) is 22.0 Å². The fourth-order valence-corrected chi connectivity index (χ4v) is 4.40. The Bertz CT molecular complexity index is 1240. The largest absolute Gasteiger partial charge is 0.573 e. The first-order valence-corrected chi connectivity index (χ1v) is 11.5. The highest BCUT2D eigenvalue weighted by atomic mass is 19.4. The summed E-state index contributed by atoms with van der Waals surface area (Å²) < 4.78 is 85.2. The Morgan fingerprint density at radius 1 is 0.829 bits per heavy atom. The number of alkyl halides is 3. The van der Waals surface area contributed by atoms with Crippen molar-refractivity contribution >= 4 is 11.6 Å². The van der Waals surface area contributed by atoms with Crippen molar-refractivity contribution in [2.75, 3.05) is 0 Å². The van der Waals surface area contributed by atoms with Gasteiger partial charge in [0.2, 0.25) is 0 Å². The molecule has 3 aromatic carbocycles. The highest BCUT2D eigenvalue weighted by Gasteiger charge is 2.32. The molecule has 0 N–H and O–H groups in total. The fraction of sp³-hybridized carbons (Fsp3) is 0.286. The lowest BCUT2D eigenvalue weighted by molar-refractivity contribution is -0.275. The van der Waals surface area contributed by atoms with Crippen LogP contribution in [0, 0.1) is 17.5 Å². The molecule has 0 aromatic heterocycles. The highest BCUT2D eigenvalue weighted by molar-refractivity contribution is 5.85. The lowest BCUT2D eigenvalue weighted by Crippen LogP contribution is -2.18. The summed E-state index contributed by atoms with van der Waals surface area (Å²) in [5, 5.41) is 0. The van der Waals surface area contributed by atoms with E-state index in [2.05, 4.69) is 23.8 Å². The van der Waals surface area contributed by atoms with Crippen molar-refractivity contribution in [1.82, 2.24) is 0 Å². The van der Waals surface area contributed by atoms with E-state index >= 15 is 4.39 Å². The maximum Gasteiger partial charge on any atom is 0.573 e. The van der Waals surface area contributed by atoms with Gasteiger partial charge in [0.25, 0.3) is 0 Å². The molecule has 0 radical (unpaired) electrons. The third kappa shape index (κ3) is 5.72. The number of benzene rings is 3. The number of hydrogen-bond donors (Lipinski definition) is 0. The Balaban J connectivity index is 1.61. The zero-order valence-corrected chi connectivity index (χ0v) is 19.1. The normalized spacial score (nSPS) is 13.4. The van der Waals surface area contributed by atoms with Crippen molar-refractivity contribution in [2.24, 2.45) is 0 Å². The molecule has 0 spiro atoms. The monoisotopic (exact) mass is 490 g/mol. The lowest BCUT2D eigenvalue weighted by Gasteiger charge is -2.20. The van der Waals surface area contributed by atoms with Gasteiger partial charge in [-0.05, 0) is 77.3 Å². The van der Waals surface area contributed by atoms with Crippen molar-refractivity contribution in [3.8, 4) is 16.9 Å². The second-order valence-corrected chi connectivity index (χ2v) is 8.63. The molecular formula is C28H24F6O. The minimum absolute atomic E-state index is 0.205. The van der Waals surface area contributed by atoms with Crippen LogP contribution in [-0.2, 0) is 12.8 Å². The van der Waals surface area contributed by atoms with E-state index in [1.807, 2.05) is 12.1 Å². The molecule has 0 saturated heterocycles. The van der Waals surface area contributed by atoms with Crippen LogP contribution < -0.4 is 4.74 Å². The Labute approximate surface area is 200 Å². The summed E-state index contributed by atoms with van der Waals surface area (Å²) in [6.07, 6.45) is 2.01. The smallest absolute Gasteiger partial charge is 0.403 e. The molecule has 0 aliphatic heterocycles. The molecule has 1 aliphatic carbocycles. The summed E-state index contributed by atoms with van der Waals surface area (Å²) >= 11 is 0. The van der Waals surface area contributed by atoms with Crippen molar-refractivity contribution in [1.29, 1.82) is 0 Å². The molecule has 184 valence electrons. The van der Waals surface area contributed by atoms with Crippen LogP contribution in [0.3, 0.4) is 0 Å². The summed E-state index contributed by atoms with van der Waals surface area (Å²) in [7, 11) is 0. The van der Waals surface area contributed by atoms with Crippen molar-refractivity contribution < 1.29 is 31.1 Å². The van der Waals surface area contributed by atoms with Crippen LogP contribution >= 0.6 is 0 Å². The summed E-state index contributed by atoms with van der Waals surface area (Å²) in [5.41, 5.74) is 3.20. The van der Waals surface area contributed by atoms with Gasteiger partial charge in [0.05, 0.1) is 5.56 Å². The quantitative estimate of drug-likeness (QED) is 0.237. The molecule has 0 heterocycles. The molecule has 35 heavy (non-hydrogen) atoms. The minimum Gasteiger partial charge on any atom is -0.403 e. The van der Waals surface area contributed by atoms with E-state index < -0.39 is 35.1 Å². The summed E-state index contributed by atoms with van der Waals surface area (Å²) in [6, 6.07) is 11.7. The molecule has 0 saturated carbocycles. The molecule has 1 nitrogen and oxygen atoms in total. The highest BCUT2D eigenvalue weighted by Crippen LogP contribution is 2.38. The van der Waals surface area contributed by atoms with E-state index in [4.69, 9.17) is 0 Å². The van der Waals surface area contributed by atoms with E-state index in [-0.39, 0.29) is 11.1 Å². The van der Waals surface area contributed by atoms with E-state index in [0.717, 1.165) is 36.5 Å². The van der Waals surface area contributed by atoms with Gasteiger partial charge in [-0.25, -0.2) is 13.2 Å². The molecule has 0 fully saturated rings. The average Bonchev–Trinajstić information content (AvgIpc) is 2.80. The minimum atomic E-state index is -5.08. The molecule has 1 aliphatic rings. The van der Waals surface area contributed by atoms with Gasteiger partial charge >= 0.3 is 6.36 Å². The van der Waals surface area contributed by atoms with Crippen LogP contribution in [0.2, 0.25) is 0 Å². The third-order valence-corrected chi connectivity index (χ3v) is 6.17. The van der Waals surface area contributed by atoms with Gasteiger partial charge in [-0.2, -0.15) is 0 Å². The summed E-state index contributed by atoms with van der Waals surface area (Å²) in [5.74, 6) is -4.19. The maximum absolute atomic E-state index is 15.3. The van der Waals surface area contributed by atoms with Crippen LogP contribution in [0.1, 0.15) is 54.9 Å². The first kappa shape index (κ1) is 24.9. The lowest BCUT2D eigenvalue weighted by atomic mass is 9.86. The Kier molecular flexibility index (Phi) is 7.24. The van der Waals surface area contributed by atoms with E-state index in [0.29, 0.717) is 30.5 Å². The zero-order chi connectivity index (χ0) is 25.2. The molecular weight excluding hydrogens is 466 g/mol. The van der Waals surface area contributed by atoms with Gasteiger partial charge in [0.15, 0.2) is 11.6 Å². The second kappa shape index (κ2) is 10.2. The van der Waals surface area contributed by atoms with E-state index in [1.54, 1.807) is 6.08 Å². The van der Waals surface area contributed by atoms with Crippen molar-refractivity contribution in [2.45, 2.75) is 51.8 Å². The molecule has 7 heteroatoms. The summed E-state index contributed by atoms with van der Waals surface area (Å²) in [4.78, 5) is 0. The third-order valence-electron chi connectivity index (χ3n) is 6.17. The molecule has 0 atom stereocenters. The Morgan fingerprint density at radius 2 is 1.54 bits per heavy atom. The number of halogens is 6. The topological polar surface area (TPSA) is 9.23 Å². The molecule has 0 bridgehead atoms. The molecule has 0 amide bonds. The first-order valence-electron chi connectivity index (χ1n) is 11.5. The van der Waals surface area contributed by atoms with Gasteiger partial charge in [0.1, 0.15) is 11.6 Å². The van der Waals surface area contributed by atoms with Gasteiger partial charge in [0, 0.05) is 0 Å². The Morgan fingerprint density at radius 3 is 2.20 bits per heavy atom. The number of fused-ring (bicyclic) bond motifs is 1. The number of ether oxygens (including phenoxy) is 1. The van der Waals surface area contributed by atoms with Crippen molar-refractivity contribution in [3.05, 3.63) is 88.2 Å². The van der Waals surface area contributed by atoms with Gasteiger partial charge in [-0.15, -0.1) is 13.2 Å².